The van der Waals surface area contributed by atoms with Crippen molar-refractivity contribution in [3.63, 3.8) is 0 Å². The van der Waals surface area contributed by atoms with Crippen LogP contribution in [0.3, 0.4) is 0 Å². The summed E-state index contributed by atoms with van der Waals surface area (Å²) in [5, 5.41) is 19.8. The standard InChI is InChI=1S/C22H22N2O6/c1-25-17-7-13(8-18(26-2)21(17)29-5)15(11-23)16(12-24)14-9-19(27-3)22(30-6)20(10-14)28-4/h7-10H,1-6H3/b16-15+. The zero-order chi connectivity index (χ0) is 22.3. The summed E-state index contributed by atoms with van der Waals surface area (Å²) >= 11 is 0. The maximum absolute atomic E-state index is 9.89. The third kappa shape index (κ3) is 4.03. The summed E-state index contributed by atoms with van der Waals surface area (Å²) in [5.74, 6) is 2.21. The van der Waals surface area contributed by atoms with Gasteiger partial charge in [-0.25, -0.2) is 0 Å². The Bertz CT molecular complexity index is 913. The second kappa shape index (κ2) is 9.94. The minimum Gasteiger partial charge on any atom is -0.493 e. The van der Waals surface area contributed by atoms with Gasteiger partial charge in [0.25, 0.3) is 0 Å². The monoisotopic (exact) mass is 410 g/mol. The minimum atomic E-state index is 0.117. The Balaban J connectivity index is 2.83. The van der Waals surface area contributed by atoms with Crippen LogP contribution in [0.4, 0.5) is 0 Å². The molecule has 0 N–H and O–H groups in total. The molecule has 0 aromatic heterocycles. The van der Waals surface area contributed by atoms with Gasteiger partial charge in [-0.1, -0.05) is 0 Å². The van der Waals surface area contributed by atoms with Crippen molar-refractivity contribution in [1.29, 1.82) is 10.5 Å². The largest absolute Gasteiger partial charge is 0.493 e. The van der Waals surface area contributed by atoms with Gasteiger partial charge in [0, 0.05) is 11.1 Å². The summed E-state index contributed by atoms with van der Waals surface area (Å²) in [4.78, 5) is 0. The fraction of sp³-hybridized carbons (Fsp3) is 0.273. The number of ether oxygens (including phenoxy) is 6. The molecule has 0 heterocycles. The molecule has 8 nitrogen and oxygen atoms in total. The normalized spacial score (nSPS) is 10.8. The lowest BCUT2D eigenvalue weighted by Gasteiger charge is -2.16. The zero-order valence-electron chi connectivity index (χ0n) is 17.7. The molecule has 0 aliphatic carbocycles. The average molecular weight is 410 g/mol. The molecule has 0 spiro atoms. The number of rotatable bonds is 8. The summed E-state index contributed by atoms with van der Waals surface area (Å²) in [5.41, 5.74) is 1.09. The van der Waals surface area contributed by atoms with Crippen LogP contribution in [0.5, 0.6) is 34.5 Å². The molecule has 0 saturated carbocycles. The van der Waals surface area contributed by atoms with Gasteiger partial charge in [0.1, 0.15) is 12.1 Å². The van der Waals surface area contributed by atoms with Crippen LogP contribution in [0.15, 0.2) is 24.3 Å². The summed E-state index contributed by atoms with van der Waals surface area (Å²) in [6.07, 6.45) is 0. The Morgan fingerprint density at radius 2 is 0.800 bits per heavy atom. The van der Waals surface area contributed by atoms with E-state index in [1.807, 2.05) is 0 Å². The van der Waals surface area contributed by atoms with Crippen LogP contribution in [-0.2, 0) is 0 Å². The molecule has 0 fully saturated rings. The molecule has 2 aromatic carbocycles. The van der Waals surface area contributed by atoms with Gasteiger partial charge in [-0.3, -0.25) is 0 Å². The van der Waals surface area contributed by atoms with Gasteiger partial charge >= 0.3 is 0 Å². The maximum atomic E-state index is 9.89. The Hall–Kier alpha value is -4.04. The van der Waals surface area contributed by atoms with Crippen LogP contribution in [0.25, 0.3) is 11.1 Å². The van der Waals surface area contributed by atoms with Crippen molar-refractivity contribution in [3.8, 4) is 46.6 Å². The van der Waals surface area contributed by atoms with E-state index < -0.39 is 0 Å². The first kappa shape index (κ1) is 22.3. The highest BCUT2D eigenvalue weighted by Gasteiger charge is 2.21. The van der Waals surface area contributed by atoms with E-state index >= 15 is 0 Å². The van der Waals surface area contributed by atoms with Gasteiger partial charge in [0.05, 0.1) is 53.8 Å². The molecule has 0 aliphatic rings. The summed E-state index contributed by atoms with van der Waals surface area (Å²) in [6.45, 7) is 0. The molecule has 30 heavy (non-hydrogen) atoms. The van der Waals surface area contributed by atoms with Crippen molar-refractivity contribution in [3.05, 3.63) is 35.4 Å². The molecule has 0 unspecified atom stereocenters. The lowest BCUT2D eigenvalue weighted by atomic mass is 9.95. The molecular formula is C22H22N2O6. The Morgan fingerprint density at radius 3 is 0.967 bits per heavy atom. The Labute approximate surface area is 175 Å². The number of benzene rings is 2. The van der Waals surface area contributed by atoms with E-state index in [0.717, 1.165) is 0 Å². The summed E-state index contributed by atoms with van der Waals surface area (Å²) in [7, 11) is 8.86. The van der Waals surface area contributed by atoms with Crippen molar-refractivity contribution >= 4 is 11.1 Å². The highest BCUT2D eigenvalue weighted by molar-refractivity contribution is 6.03. The molecule has 2 rings (SSSR count). The lowest BCUT2D eigenvalue weighted by Crippen LogP contribution is -1.99. The van der Waals surface area contributed by atoms with E-state index in [4.69, 9.17) is 28.4 Å². The number of methoxy groups -OCH3 is 6. The van der Waals surface area contributed by atoms with Crippen LogP contribution >= 0.6 is 0 Å². The number of nitriles is 2. The number of hydrogen-bond donors (Lipinski definition) is 0. The Kier molecular flexibility index (Phi) is 7.38. The second-order valence-corrected chi connectivity index (χ2v) is 5.80. The van der Waals surface area contributed by atoms with Crippen molar-refractivity contribution in [2.45, 2.75) is 0 Å². The molecule has 2 aromatic rings. The van der Waals surface area contributed by atoms with Crippen molar-refractivity contribution in [2.75, 3.05) is 42.7 Å². The van der Waals surface area contributed by atoms with Crippen LogP contribution in [0.1, 0.15) is 11.1 Å². The number of nitrogens with zero attached hydrogens (tertiary/aromatic N) is 2. The molecule has 0 aliphatic heterocycles. The smallest absolute Gasteiger partial charge is 0.203 e. The van der Waals surface area contributed by atoms with Crippen molar-refractivity contribution in [1.82, 2.24) is 0 Å². The molecule has 8 heteroatoms. The van der Waals surface area contributed by atoms with E-state index in [2.05, 4.69) is 12.1 Å². The molecule has 0 radical (unpaired) electrons. The van der Waals surface area contributed by atoms with Gasteiger partial charge in [-0.2, -0.15) is 10.5 Å². The highest BCUT2D eigenvalue weighted by atomic mass is 16.5. The SMILES string of the molecule is COc1cc(/C(C#N)=C(\C#N)c2cc(OC)c(OC)c(OC)c2)cc(OC)c1OC. The summed E-state index contributed by atoms with van der Waals surface area (Å²) in [6, 6.07) is 10.6. The molecular weight excluding hydrogens is 388 g/mol. The zero-order valence-corrected chi connectivity index (χ0v) is 17.7. The molecule has 0 atom stereocenters. The molecule has 156 valence electrons. The number of hydrogen-bond acceptors (Lipinski definition) is 8. The predicted octanol–water partition coefficient (Wildman–Crippen LogP) is 3.70. The highest BCUT2D eigenvalue weighted by Crippen LogP contribution is 2.43. The molecule has 0 amide bonds. The van der Waals surface area contributed by atoms with Crippen LogP contribution in [0, 0.1) is 22.7 Å². The van der Waals surface area contributed by atoms with Gasteiger partial charge in [-0.15, -0.1) is 0 Å². The molecule has 0 saturated heterocycles. The first-order valence-corrected chi connectivity index (χ1v) is 8.68. The molecule has 0 bridgehead atoms. The second-order valence-electron chi connectivity index (χ2n) is 5.80. The van der Waals surface area contributed by atoms with Crippen LogP contribution < -0.4 is 28.4 Å². The lowest BCUT2D eigenvalue weighted by molar-refractivity contribution is 0.324. The van der Waals surface area contributed by atoms with E-state index in [1.165, 1.54) is 42.7 Å². The van der Waals surface area contributed by atoms with Gasteiger partial charge in [0.2, 0.25) is 11.5 Å². The van der Waals surface area contributed by atoms with Crippen LogP contribution in [0.2, 0.25) is 0 Å². The van der Waals surface area contributed by atoms with Crippen LogP contribution in [-0.4, -0.2) is 42.7 Å². The van der Waals surface area contributed by atoms with E-state index in [-0.39, 0.29) is 11.1 Å². The van der Waals surface area contributed by atoms with E-state index in [0.29, 0.717) is 45.6 Å². The number of allylic oxidation sites excluding steroid dienone is 2. The predicted molar refractivity (Wildman–Crippen MR) is 110 cm³/mol. The first-order valence-electron chi connectivity index (χ1n) is 8.68. The first-order chi connectivity index (χ1) is 14.5. The Morgan fingerprint density at radius 1 is 0.533 bits per heavy atom. The van der Waals surface area contributed by atoms with Crippen molar-refractivity contribution in [2.24, 2.45) is 0 Å². The summed E-state index contributed by atoms with van der Waals surface area (Å²) < 4.78 is 32.1. The maximum Gasteiger partial charge on any atom is 0.203 e. The van der Waals surface area contributed by atoms with Gasteiger partial charge < -0.3 is 28.4 Å². The quantitative estimate of drug-likeness (QED) is 0.479. The van der Waals surface area contributed by atoms with E-state index in [9.17, 15) is 10.5 Å². The third-order valence-electron chi connectivity index (χ3n) is 4.38. The van der Waals surface area contributed by atoms with Crippen molar-refractivity contribution < 1.29 is 28.4 Å². The van der Waals surface area contributed by atoms with Gasteiger partial charge in [0.15, 0.2) is 23.0 Å². The third-order valence-corrected chi connectivity index (χ3v) is 4.38. The topological polar surface area (TPSA) is 103 Å². The fourth-order valence-corrected chi connectivity index (χ4v) is 2.98. The average Bonchev–Trinajstić information content (AvgIpc) is 2.80. The van der Waals surface area contributed by atoms with E-state index in [1.54, 1.807) is 24.3 Å². The minimum absolute atomic E-state index is 0.117. The fourth-order valence-electron chi connectivity index (χ4n) is 2.98. The van der Waals surface area contributed by atoms with Gasteiger partial charge in [-0.05, 0) is 24.3 Å².